The molecule has 2 N–H and O–H groups in total. The first-order valence-corrected chi connectivity index (χ1v) is 11.4. The maximum Gasteiger partial charge on any atom is 0.499 e. The van der Waals surface area contributed by atoms with Gasteiger partial charge < -0.3 is 15.0 Å². The lowest BCUT2D eigenvalue weighted by atomic mass is 9.82. The maximum atomic E-state index is 13.3. The molecule has 1 saturated heterocycles. The molecule has 0 radical (unpaired) electrons. The number of aromatic nitrogens is 6. The summed E-state index contributed by atoms with van der Waals surface area (Å²) in [5.74, 6) is -0.881. The molecule has 0 atom stereocenters. The zero-order valence-electron chi connectivity index (χ0n) is 19.8. The summed E-state index contributed by atoms with van der Waals surface area (Å²) in [5, 5.41) is 8.49. The minimum atomic E-state index is -0.618. The first-order chi connectivity index (χ1) is 16.9. The topological polar surface area (TPSA) is 106 Å². The first-order valence-electron chi connectivity index (χ1n) is 10.7. The summed E-state index contributed by atoms with van der Waals surface area (Å²) in [6.45, 7) is 7.84. The van der Waals surface area contributed by atoms with Gasteiger partial charge in [-0.3, -0.25) is 9.97 Å². The van der Waals surface area contributed by atoms with Crippen molar-refractivity contribution in [1.29, 1.82) is 0 Å². The van der Waals surface area contributed by atoms with Crippen molar-refractivity contribution in [2.45, 2.75) is 38.9 Å². The van der Waals surface area contributed by atoms with Crippen molar-refractivity contribution in [2.75, 3.05) is 5.73 Å². The van der Waals surface area contributed by atoms with E-state index in [9.17, 15) is 8.78 Å². The molecule has 36 heavy (non-hydrogen) atoms. The van der Waals surface area contributed by atoms with Crippen LogP contribution in [0.15, 0.2) is 49.3 Å². The molecule has 1 aliphatic rings. The summed E-state index contributed by atoms with van der Waals surface area (Å²) >= 11 is 11.8. The van der Waals surface area contributed by atoms with Crippen LogP contribution < -0.4 is 11.2 Å². The van der Waals surface area contributed by atoms with Crippen LogP contribution in [0.25, 0.3) is 11.4 Å². The zero-order chi connectivity index (χ0) is 26.3. The van der Waals surface area contributed by atoms with Gasteiger partial charge in [0, 0.05) is 23.8 Å². The molecule has 0 amide bonds. The predicted molar refractivity (Wildman–Crippen MR) is 133 cm³/mol. The molecule has 5 heterocycles. The quantitative estimate of drug-likeness (QED) is 0.395. The first kappa shape index (κ1) is 26.0. The van der Waals surface area contributed by atoms with Crippen molar-refractivity contribution in [3.63, 3.8) is 0 Å². The minimum Gasteiger partial charge on any atom is -0.399 e. The van der Waals surface area contributed by atoms with E-state index in [1.165, 1.54) is 40.1 Å². The molecule has 0 unspecified atom stereocenters. The van der Waals surface area contributed by atoms with Gasteiger partial charge in [0.2, 0.25) is 0 Å². The van der Waals surface area contributed by atoms with Crippen molar-refractivity contribution in [1.82, 2.24) is 29.5 Å². The number of nitrogens with zero attached hydrogens (tertiary/aromatic N) is 6. The Morgan fingerprint density at radius 2 is 1.28 bits per heavy atom. The smallest absolute Gasteiger partial charge is 0.399 e. The Bertz CT molecular complexity index is 1360. The minimum absolute atomic E-state index is 0.189. The molecule has 4 aromatic rings. The largest absolute Gasteiger partial charge is 0.499 e. The number of hydrogen-bond donors (Lipinski definition) is 1. The van der Waals surface area contributed by atoms with Crippen LogP contribution in [0.5, 0.6) is 0 Å². The number of anilines is 1. The summed E-state index contributed by atoms with van der Waals surface area (Å²) in [7, 11) is -0.618. The van der Waals surface area contributed by atoms with E-state index < -0.39 is 30.0 Å². The molecule has 5 rings (SSSR count). The Morgan fingerprint density at radius 3 is 1.72 bits per heavy atom. The van der Waals surface area contributed by atoms with Crippen molar-refractivity contribution in [3.05, 3.63) is 71.3 Å². The molecule has 188 valence electrons. The Morgan fingerprint density at radius 1 is 0.806 bits per heavy atom. The molecule has 0 aromatic carbocycles. The van der Waals surface area contributed by atoms with Gasteiger partial charge in [-0.15, -0.1) is 0 Å². The molecule has 0 saturated carbocycles. The van der Waals surface area contributed by atoms with E-state index in [2.05, 4.69) is 20.2 Å². The highest BCUT2D eigenvalue weighted by Crippen LogP contribution is 2.37. The summed E-state index contributed by atoms with van der Waals surface area (Å²) < 4.78 is 40.8. The fraction of sp³-hybridized carbons (Fsp3) is 0.273. The van der Waals surface area contributed by atoms with Crippen LogP contribution in [-0.2, 0) is 9.31 Å². The average Bonchev–Trinajstić information content (AvgIpc) is 3.41. The number of hydrogen-bond acceptors (Lipinski definition) is 7. The van der Waals surface area contributed by atoms with Crippen LogP contribution in [0, 0.1) is 11.6 Å². The summed E-state index contributed by atoms with van der Waals surface area (Å²) in [5.41, 5.74) is 6.45. The van der Waals surface area contributed by atoms with Gasteiger partial charge in [-0.05, 0) is 27.7 Å². The Labute approximate surface area is 216 Å². The van der Waals surface area contributed by atoms with E-state index in [-0.39, 0.29) is 10.3 Å². The van der Waals surface area contributed by atoms with E-state index >= 15 is 0 Å². The molecule has 1 aliphatic heterocycles. The second-order valence-electron chi connectivity index (χ2n) is 8.95. The second-order valence-corrected chi connectivity index (χ2v) is 9.67. The third-order valence-corrected chi connectivity index (χ3v) is 6.39. The lowest BCUT2D eigenvalue weighted by molar-refractivity contribution is 0.00578. The standard InChI is InChI=1S/C14H16BClFN3O2.C8H6ClFN4/c1-13(2)14(3,4)22-15(21-13)11-8-20(19-12(11)16)10-5-9(17)6-18-7-10;9-8-7(11)4-14(13-8)6-1-5(10)2-12-3-6/h5-8H,1-4H3;1-4H,11H2. The van der Waals surface area contributed by atoms with Crippen LogP contribution in [0.3, 0.4) is 0 Å². The van der Waals surface area contributed by atoms with Gasteiger partial charge in [-0.2, -0.15) is 10.2 Å². The summed E-state index contributed by atoms with van der Waals surface area (Å²) in [6.07, 6.45) is 8.37. The Balaban J connectivity index is 0.000000187. The van der Waals surface area contributed by atoms with Gasteiger partial charge in [0.25, 0.3) is 0 Å². The normalized spacial score (nSPS) is 16.1. The van der Waals surface area contributed by atoms with E-state index in [0.717, 1.165) is 12.4 Å². The fourth-order valence-electron chi connectivity index (χ4n) is 3.18. The van der Waals surface area contributed by atoms with Gasteiger partial charge in [0.15, 0.2) is 10.3 Å². The molecule has 0 spiro atoms. The summed E-state index contributed by atoms with van der Waals surface area (Å²) in [6, 6.07) is 2.61. The van der Waals surface area contributed by atoms with Crippen LogP contribution in [-0.4, -0.2) is 47.8 Å². The molecule has 9 nitrogen and oxygen atoms in total. The van der Waals surface area contributed by atoms with Crippen molar-refractivity contribution in [3.8, 4) is 11.4 Å². The average molecular weight is 536 g/mol. The third kappa shape index (κ3) is 5.36. The van der Waals surface area contributed by atoms with Gasteiger partial charge in [-0.1, -0.05) is 23.2 Å². The number of nitrogen functional groups attached to an aromatic ring is 1. The SMILES string of the molecule is CC1(C)OB(c2cn(-c3cncc(F)c3)nc2Cl)OC1(C)C.Nc1cn(-c2cncc(F)c2)nc1Cl. The molecule has 0 bridgehead atoms. The van der Waals surface area contributed by atoms with Gasteiger partial charge in [0.1, 0.15) is 11.6 Å². The number of rotatable bonds is 3. The molecule has 0 aliphatic carbocycles. The van der Waals surface area contributed by atoms with Crippen LogP contribution in [0.2, 0.25) is 10.3 Å². The monoisotopic (exact) mass is 535 g/mol. The van der Waals surface area contributed by atoms with Crippen molar-refractivity contribution >= 4 is 41.5 Å². The highest BCUT2D eigenvalue weighted by Gasteiger charge is 2.52. The molecule has 1 fully saturated rings. The number of halogens is 4. The van der Waals surface area contributed by atoms with E-state index in [1.54, 1.807) is 6.20 Å². The maximum absolute atomic E-state index is 13.3. The van der Waals surface area contributed by atoms with Gasteiger partial charge >= 0.3 is 7.12 Å². The zero-order valence-corrected chi connectivity index (χ0v) is 21.3. The van der Waals surface area contributed by atoms with E-state index in [0.29, 0.717) is 22.5 Å². The lowest BCUT2D eigenvalue weighted by Gasteiger charge is -2.32. The van der Waals surface area contributed by atoms with Crippen LogP contribution in [0.1, 0.15) is 27.7 Å². The number of pyridine rings is 2. The second kappa shape index (κ2) is 9.77. The van der Waals surface area contributed by atoms with E-state index in [4.69, 9.17) is 38.2 Å². The Kier molecular flexibility index (Phi) is 7.06. The molecule has 4 aromatic heterocycles. The van der Waals surface area contributed by atoms with E-state index in [1.807, 2.05) is 27.7 Å². The van der Waals surface area contributed by atoms with Crippen molar-refractivity contribution in [2.24, 2.45) is 0 Å². The van der Waals surface area contributed by atoms with Crippen molar-refractivity contribution < 1.29 is 18.1 Å². The third-order valence-electron chi connectivity index (χ3n) is 5.81. The number of nitrogens with two attached hydrogens (primary N) is 1. The van der Waals surface area contributed by atoms with Gasteiger partial charge in [0.05, 0.1) is 59.2 Å². The lowest BCUT2D eigenvalue weighted by Crippen LogP contribution is -2.41. The Hall–Kier alpha value is -3.06. The molecule has 14 heteroatoms. The van der Waals surface area contributed by atoms with Crippen LogP contribution in [0.4, 0.5) is 14.5 Å². The highest BCUT2D eigenvalue weighted by atomic mass is 35.5. The van der Waals surface area contributed by atoms with Gasteiger partial charge in [-0.25, -0.2) is 18.1 Å². The fourth-order valence-corrected chi connectivity index (χ4v) is 3.53. The van der Waals surface area contributed by atoms with Crippen LogP contribution >= 0.6 is 23.2 Å². The predicted octanol–water partition coefficient (Wildman–Crippen LogP) is 4.00. The highest BCUT2D eigenvalue weighted by molar-refractivity contribution is 6.65. The molecular formula is C22H22BCl2F2N7O2. The summed E-state index contributed by atoms with van der Waals surface area (Å²) in [4.78, 5) is 7.48. The molecular weight excluding hydrogens is 514 g/mol.